The quantitative estimate of drug-likeness (QED) is 0.286. The van der Waals surface area contributed by atoms with E-state index in [1.54, 1.807) is 48.8 Å². The molecule has 206 valence electrons. The minimum atomic E-state index is -3.71. The summed E-state index contributed by atoms with van der Waals surface area (Å²) in [6.45, 7) is 0. The van der Waals surface area contributed by atoms with E-state index in [2.05, 4.69) is 20.3 Å². The van der Waals surface area contributed by atoms with E-state index in [9.17, 15) is 17.6 Å². The van der Waals surface area contributed by atoms with Crippen molar-refractivity contribution < 1.29 is 26.4 Å². The van der Waals surface area contributed by atoms with Crippen LogP contribution in [0.3, 0.4) is 0 Å². The van der Waals surface area contributed by atoms with E-state index in [4.69, 9.17) is 8.83 Å². The summed E-state index contributed by atoms with van der Waals surface area (Å²) in [7, 11) is -0.807. The molecule has 0 saturated carbocycles. The summed E-state index contributed by atoms with van der Waals surface area (Å²) in [5.41, 5.74) is 3.59. The van der Waals surface area contributed by atoms with Gasteiger partial charge in [0.05, 0.1) is 23.2 Å². The number of sulfonamides is 1. The Labute approximate surface area is 233 Å². The number of nitrogens with zero attached hydrogens (tertiary/aromatic N) is 4. The van der Waals surface area contributed by atoms with E-state index >= 15 is 0 Å². The van der Waals surface area contributed by atoms with E-state index < -0.39 is 21.7 Å². The van der Waals surface area contributed by atoms with Gasteiger partial charge in [0.15, 0.2) is 11.2 Å². The van der Waals surface area contributed by atoms with E-state index in [0.29, 0.717) is 44.9 Å². The Morgan fingerprint density at radius 2 is 1.73 bits per heavy atom. The molecule has 41 heavy (non-hydrogen) atoms. The Hall–Kier alpha value is -5.10. The highest BCUT2D eigenvalue weighted by Crippen LogP contribution is 2.41. The summed E-state index contributed by atoms with van der Waals surface area (Å²) >= 11 is 0. The molecule has 0 radical (unpaired) electrons. The van der Waals surface area contributed by atoms with Crippen molar-refractivity contribution in [2.75, 3.05) is 24.7 Å². The van der Waals surface area contributed by atoms with Crippen LogP contribution in [0.25, 0.3) is 56.2 Å². The molecule has 1 amide bonds. The van der Waals surface area contributed by atoms with Crippen molar-refractivity contribution in [2.45, 2.75) is 0 Å². The molecule has 0 aliphatic carbocycles. The van der Waals surface area contributed by atoms with Crippen molar-refractivity contribution in [3.8, 4) is 34.0 Å². The molecule has 0 spiro atoms. The van der Waals surface area contributed by atoms with Gasteiger partial charge in [-0.1, -0.05) is 0 Å². The molecule has 4 heterocycles. The molecule has 0 aliphatic rings. The Kier molecular flexibility index (Phi) is 6.26. The molecule has 0 bridgehead atoms. The van der Waals surface area contributed by atoms with Crippen LogP contribution >= 0.6 is 0 Å². The monoisotopic (exact) mass is 571 g/mol. The Morgan fingerprint density at radius 3 is 2.44 bits per heavy atom. The SMILES string of the molecule is CNC(=O)c1c(-c2ccc(F)cc2)oc2cc(N(C)S(C)(=O)=O)c(-c3cc(-c4nc5ncccc5o4)ccn3)cc12. The van der Waals surface area contributed by atoms with Gasteiger partial charge in [0, 0.05) is 54.6 Å². The highest BCUT2D eigenvalue weighted by molar-refractivity contribution is 7.92. The normalized spacial score (nSPS) is 11.7. The number of amides is 1. The van der Waals surface area contributed by atoms with Crippen molar-refractivity contribution in [3.63, 3.8) is 0 Å². The maximum atomic E-state index is 13.6. The first-order valence-electron chi connectivity index (χ1n) is 12.3. The van der Waals surface area contributed by atoms with Crippen LogP contribution in [0.1, 0.15) is 10.4 Å². The number of anilines is 1. The molecule has 6 rings (SSSR count). The van der Waals surface area contributed by atoms with Gasteiger partial charge in [-0.3, -0.25) is 14.1 Å². The summed E-state index contributed by atoms with van der Waals surface area (Å²) in [5, 5.41) is 3.04. The zero-order valence-corrected chi connectivity index (χ0v) is 22.9. The Morgan fingerprint density at radius 1 is 0.951 bits per heavy atom. The first-order chi connectivity index (χ1) is 19.6. The minimum absolute atomic E-state index is 0.213. The first-order valence-corrected chi connectivity index (χ1v) is 14.2. The standard InChI is InChI=1S/C29H22FN5O5S/c1-31-28(36)25-20-14-19(21-13-17(10-12-32-21)29-34-27-23(40-29)5-4-11-33-27)22(35(2)41(3,37)38)15-24(20)39-26(25)16-6-8-18(30)9-7-16/h4-15H,1-3H3,(H,31,36). The van der Waals surface area contributed by atoms with Gasteiger partial charge in [-0.2, -0.15) is 4.98 Å². The lowest BCUT2D eigenvalue weighted by molar-refractivity contribution is 0.0964. The highest BCUT2D eigenvalue weighted by Gasteiger charge is 2.26. The lowest BCUT2D eigenvalue weighted by Crippen LogP contribution is -2.25. The Balaban J connectivity index is 1.61. The van der Waals surface area contributed by atoms with Gasteiger partial charge in [0.25, 0.3) is 5.91 Å². The summed E-state index contributed by atoms with van der Waals surface area (Å²) in [5.74, 6) is -0.343. The lowest BCUT2D eigenvalue weighted by Gasteiger charge is -2.20. The summed E-state index contributed by atoms with van der Waals surface area (Å²) in [4.78, 5) is 26.3. The number of halogens is 1. The number of benzene rings is 2. The molecular weight excluding hydrogens is 549 g/mol. The van der Waals surface area contributed by atoms with Crippen LogP contribution in [-0.2, 0) is 10.0 Å². The van der Waals surface area contributed by atoms with Crippen molar-refractivity contribution in [3.05, 3.63) is 84.4 Å². The predicted molar refractivity (Wildman–Crippen MR) is 152 cm³/mol. The number of carbonyl (C=O) groups excluding carboxylic acids is 1. The molecule has 4 aromatic heterocycles. The Bertz CT molecular complexity index is 2040. The van der Waals surface area contributed by atoms with Crippen LogP contribution in [0.2, 0.25) is 0 Å². The number of hydrogen-bond acceptors (Lipinski definition) is 8. The number of aromatic nitrogens is 3. The van der Waals surface area contributed by atoms with Gasteiger partial charge in [0.2, 0.25) is 15.9 Å². The van der Waals surface area contributed by atoms with E-state index in [-0.39, 0.29) is 22.6 Å². The average Bonchev–Trinajstić information content (AvgIpc) is 3.57. The fourth-order valence-electron chi connectivity index (χ4n) is 4.53. The zero-order chi connectivity index (χ0) is 28.9. The minimum Gasteiger partial charge on any atom is -0.455 e. The maximum Gasteiger partial charge on any atom is 0.255 e. The van der Waals surface area contributed by atoms with Gasteiger partial charge < -0.3 is 14.2 Å². The van der Waals surface area contributed by atoms with Crippen LogP contribution in [0.5, 0.6) is 0 Å². The van der Waals surface area contributed by atoms with Crippen LogP contribution in [0, 0.1) is 5.82 Å². The molecule has 12 heteroatoms. The number of oxazole rings is 1. The predicted octanol–water partition coefficient (Wildman–Crippen LogP) is 5.26. The van der Waals surface area contributed by atoms with Gasteiger partial charge in [-0.15, -0.1) is 0 Å². The van der Waals surface area contributed by atoms with E-state index in [0.717, 1.165) is 10.6 Å². The summed E-state index contributed by atoms with van der Waals surface area (Å²) in [6, 6.07) is 15.7. The van der Waals surface area contributed by atoms with Crippen LogP contribution < -0.4 is 9.62 Å². The molecular formula is C29H22FN5O5S. The number of rotatable bonds is 6. The van der Waals surface area contributed by atoms with E-state index in [1.165, 1.54) is 38.4 Å². The van der Waals surface area contributed by atoms with Gasteiger partial charge in [0.1, 0.15) is 17.2 Å². The fraction of sp³-hybridized carbons (Fsp3) is 0.103. The largest absolute Gasteiger partial charge is 0.455 e. The number of pyridine rings is 2. The van der Waals surface area contributed by atoms with E-state index in [1.807, 2.05) is 0 Å². The second-order valence-corrected chi connectivity index (χ2v) is 11.3. The van der Waals surface area contributed by atoms with Gasteiger partial charge >= 0.3 is 0 Å². The van der Waals surface area contributed by atoms with Gasteiger partial charge in [-0.25, -0.2) is 17.8 Å². The van der Waals surface area contributed by atoms with Crippen molar-refractivity contribution >= 4 is 43.8 Å². The molecule has 0 atom stereocenters. The van der Waals surface area contributed by atoms with Crippen LogP contribution in [0.15, 0.2) is 81.9 Å². The third kappa shape index (κ3) is 4.67. The van der Waals surface area contributed by atoms with Crippen LogP contribution in [-0.4, -0.2) is 49.6 Å². The number of nitrogens with one attached hydrogen (secondary N) is 1. The summed E-state index contributed by atoms with van der Waals surface area (Å²) in [6.07, 6.45) is 4.25. The van der Waals surface area contributed by atoms with Gasteiger partial charge in [-0.05, 0) is 54.6 Å². The zero-order valence-electron chi connectivity index (χ0n) is 22.0. The number of fused-ring (bicyclic) bond motifs is 2. The topological polar surface area (TPSA) is 131 Å². The molecule has 10 nitrogen and oxygen atoms in total. The molecule has 6 aromatic rings. The molecule has 0 unspecified atom stereocenters. The lowest BCUT2D eigenvalue weighted by atomic mass is 10.00. The van der Waals surface area contributed by atoms with Crippen molar-refractivity contribution in [1.82, 2.24) is 20.3 Å². The number of furan rings is 1. The molecule has 0 aliphatic heterocycles. The number of carbonyl (C=O) groups is 1. The molecule has 2 aromatic carbocycles. The second kappa shape index (κ2) is 9.82. The smallest absolute Gasteiger partial charge is 0.255 e. The van der Waals surface area contributed by atoms with Crippen molar-refractivity contribution in [2.24, 2.45) is 0 Å². The molecule has 0 fully saturated rings. The number of hydrogen-bond donors (Lipinski definition) is 1. The first kappa shape index (κ1) is 26.1. The molecule has 1 N–H and O–H groups in total. The highest BCUT2D eigenvalue weighted by atomic mass is 32.2. The third-order valence-corrected chi connectivity index (χ3v) is 7.84. The average molecular weight is 572 g/mol. The fourth-order valence-corrected chi connectivity index (χ4v) is 5.04. The van der Waals surface area contributed by atoms with Crippen molar-refractivity contribution in [1.29, 1.82) is 0 Å². The third-order valence-electron chi connectivity index (χ3n) is 6.65. The van der Waals surface area contributed by atoms with Crippen LogP contribution in [0.4, 0.5) is 10.1 Å². The second-order valence-electron chi connectivity index (χ2n) is 9.26. The maximum absolute atomic E-state index is 13.6. The molecule has 0 saturated heterocycles. The summed E-state index contributed by atoms with van der Waals surface area (Å²) < 4.78 is 52.1.